The van der Waals surface area contributed by atoms with Gasteiger partial charge in [-0.3, -0.25) is 0 Å². The molecule has 1 aromatic carbocycles. The van der Waals surface area contributed by atoms with Gasteiger partial charge in [0.1, 0.15) is 0 Å². The molecule has 1 aromatic rings. The lowest BCUT2D eigenvalue weighted by Crippen LogP contribution is -2.25. The first kappa shape index (κ1) is 14.7. The van der Waals surface area contributed by atoms with Crippen molar-refractivity contribution in [2.24, 2.45) is 5.92 Å². The molecule has 1 atom stereocenters. The summed E-state index contributed by atoms with van der Waals surface area (Å²) in [7, 11) is 0. The zero-order valence-electron chi connectivity index (χ0n) is 11.0. The molecular weight excluding hydrogens is 274 g/mol. The molecule has 0 aliphatic carbocycles. The zero-order valence-corrected chi connectivity index (χ0v) is 12.6. The van der Waals surface area contributed by atoms with Crippen molar-refractivity contribution in [2.75, 3.05) is 13.1 Å². The third-order valence-electron chi connectivity index (χ3n) is 2.99. The molecule has 1 unspecified atom stereocenters. The standard InChI is InChI=1S/C15H24BrN/c1-3-5-14(12-17-10-4-2)11-13-6-8-15(16)9-7-13/h6-9,14,17H,3-5,10-12H2,1-2H3. The molecule has 1 rings (SSSR count). The number of halogens is 1. The van der Waals surface area contributed by atoms with Crippen molar-refractivity contribution in [1.82, 2.24) is 5.32 Å². The van der Waals surface area contributed by atoms with Gasteiger partial charge in [-0.05, 0) is 56.0 Å². The van der Waals surface area contributed by atoms with Crippen molar-refractivity contribution in [3.05, 3.63) is 34.3 Å². The van der Waals surface area contributed by atoms with Gasteiger partial charge in [0.05, 0.1) is 0 Å². The lowest BCUT2D eigenvalue weighted by molar-refractivity contribution is 0.439. The van der Waals surface area contributed by atoms with Crippen LogP contribution in [0.25, 0.3) is 0 Å². The predicted molar refractivity (Wildman–Crippen MR) is 79.4 cm³/mol. The first-order valence-corrected chi connectivity index (χ1v) is 7.50. The van der Waals surface area contributed by atoms with Crippen LogP contribution in [0.1, 0.15) is 38.7 Å². The molecule has 1 nitrogen and oxygen atoms in total. The van der Waals surface area contributed by atoms with E-state index in [9.17, 15) is 0 Å². The smallest absolute Gasteiger partial charge is 0.0175 e. The van der Waals surface area contributed by atoms with E-state index in [4.69, 9.17) is 0 Å². The Labute approximate surface area is 114 Å². The van der Waals surface area contributed by atoms with Gasteiger partial charge in [0.25, 0.3) is 0 Å². The van der Waals surface area contributed by atoms with Crippen molar-refractivity contribution >= 4 is 15.9 Å². The van der Waals surface area contributed by atoms with Gasteiger partial charge >= 0.3 is 0 Å². The van der Waals surface area contributed by atoms with Gasteiger partial charge in [0, 0.05) is 4.47 Å². The molecule has 0 spiro atoms. The van der Waals surface area contributed by atoms with Crippen LogP contribution >= 0.6 is 15.9 Å². The fourth-order valence-electron chi connectivity index (χ4n) is 2.12. The highest BCUT2D eigenvalue weighted by Gasteiger charge is 2.08. The van der Waals surface area contributed by atoms with E-state index >= 15 is 0 Å². The molecule has 17 heavy (non-hydrogen) atoms. The van der Waals surface area contributed by atoms with Gasteiger partial charge in [-0.15, -0.1) is 0 Å². The topological polar surface area (TPSA) is 12.0 Å². The maximum Gasteiger partial charge on any atom is 0.0175 e. The Balaban J connectivity index is 2.44. The van der Waals surface area contributed by atoms with Crippen LogP contribution in [-0.2, 0) is 6.42 Å². The van der Waals surface area contributed by atoms with E-state index in [0.29, 0.717) is 0 Å². The summed E-state index contributed by atoms with van der Waals surface area (Å²) in [5.74, 6) is 0.771. The van der Waals surface area contributed by atoms with Crippen LogP contribution in [0, 0.1) is 5.92 Å². The van der Waals surface area contributed by atoms with Crippen molar-refractivity contribution in [3.8, 4) is 0 Å². The normalized spacial score (nSPS) is 12.6. The van der Waals surface area contributed by atoms with E-state index in [2.05, 4.69) is 59.4 Å². The summed E-state index contributed by atoms with van der Waals surface area (Å²) in [6.07, 6.45) is 5.00. The van der Waals surface area contributed by atoms with Gasteiger partial charge < -0.3 is 5.32 Å². The van der Waals surface area contributed by atoms with Crippen molar-refractivity contribution in [1.29, 1.82) is 0 Å². The Morgan fingerprint density at radius 1 is 1.12 bits per heavy atom. The maximum absolute atomic E-state index is 3.54. The van der Waals surface area contributed by atoms with Crippen LogP contribution in [0.4, 0.5) is 0 Å². The molecule has 2 heteroatoms. The predicted octanol–water partition coefficient (Wildman–Crippen LogP) is 4.41. The third-order valence-corrected chi connectivity index (χ3v) is 3.52. The van der Waals surface area contributed by atoms with Crippen molar-refractivity contribution in [3.63, 3.8) is 0 Å². The zero-order chi connectivity index (χ0) is 12.5. The summed E-state index contributed by atoms with van der Waals surface area (Å²) < 4.78 is 1.16. The van der Waals surface area contributed by atoms with Gasteiger partial charge in [0.15, 0.2) is 0 Å². The number of rotatable bonds is 8. The Morgan fingerprint density at radius 3 is 2.41 bits per heavy atom. The average molecular weight is 298 g/mol. The average Bonchev–Trinajstić information content (AvgIpc) is 2.32. The van der Waals surface area contributed by atoms with Crippen molar-refractivity contribution in [2.45, 2.75) is 39.5 Å². The third kappa shape index (κ3) is 6.23. The SMILES string of the molecule is CCCNCC(CCC)Cc1ccc(Br)cc1. The second-order valence-corrected chi connectivity index (χ2v) is 5.61. The fraction of sp³-hybridized carbons (Fsp3) is 0.600. The van der Waals surface area contributed by atoms with Crippen LogP contribution in [0.3, 0.4) is 0 Å². The molecule has 0 aromatic heterocycles. The lowest BCUT2D eigenvalue weighted by atomic mass is 9.95. The van der Waals surface area contributed by atoms with Crippen LogP contribution in [-0.4, -0.2) is 13.1 Å². The second-order valence-electron chi connectivity index (χ2n) is 4.69. The molecule has 96 valence electrons. The number of hydrogen-bond acceptors (Lipinski definition) is 1. The number of benzene rings is 1. The van der Waals surface area contributed by atoms with E-state index in [0.717, 1.165) is 23.5 Å². The lowest BCUT2D eigenvalue weighted by Gasteiger charge is -2.17. The Hall–Kier alpha value is -0.340. The van der Waals surface area contributed by atoms with E-state index < -0.39 is 0 Å². The molecule has 0 fully saturated rings. The molecule has 0 saturated heterocycles. The highest BCUT2D eigenvalue weighted by atomic mass is 79.9. The summed E-state index contributed by atoms with van der Waals surface area (Å²) in [4.78, 5) is 0. The minimum Gasteiger partial charge on any atom is -0.316 e. The molecular formula is C15H24BrN. The molecule has 0 saturated carbocycles. The Kier molecular flexibility index (Phi) is 7.54. The first-order valence-electron chi connectivity index (χ1n) is 6.71. The largest absolute Gasteiger partial charge is 0.316 e. The van der Waals surface area contributed by atoms with E-state index in [1.807, 2.05) is 0 Å². The minimum atomic E-state index is 0.771. The summed E-state index contributed by atoms with van der Waals surface area (Å²) in [6, 6.07) is 8.73. The molecule has 0 aliphatic heterocycles. The van der Waals surface area contributed by atoms with Gasteiger partial charge in [-0.2, -0.15) is 0 Å². The summed E-state index contributed by atoms with van der Waals surface area (Å²) in [6.45, 7) is 6.78. The highest BCUT2D eigenvalue weighted by molar-refractivity contribution is 9.10. The summed E-state index contributed by atoms with van der Waals surface area (Å²) in [5, 5.41) is 3.54. The van der Waals surface area contributed by atoms with Gasteiger partial charge in [-0.1, -0.05) is 48.3 Å². The van der Waals surface area contributed by atoms with E-state index in [-0.39, 0.29) is 0 Å². The van der Waals surface area contributed by atoms with Crippen LogP contribution < -0.4 is 5.32 Å². The van der Waals surface area contributed by atoms with Crippen LogP contribution in [0.2, 0.25) is 0 Å². The number of hydrogen-bond donors (Lipinski definition) is 1. The molecule has 0 aliphatic rings. The highest BCUT2D eigenvalue weighted by Crippen LogP contribution is 2.16. The van der Waals surface area contributed by atoms with Crippen LogP contribution in [0.15, 0.2) is 28.7 Å². The van der Waals surface area contributed by atoms with Crippen molar-refractivity contribution < 1.29 is 0 Å². The first-order chi connectivity index (χ1) is 8.26. The summed E-state index contributed by atoms with van der Waals surface area (Å²) >= 11 is 3.48. The fourth-order valence-corrected chi connectivity index (χ4v) is 2.39. The molecule has 0 heterocycles. The van der Waals surface area contributed by atoms with Crippen LogP contribution in [0.5, 0.6) is 0 Å². The minimum absolute atomic E-state index is 0.771. The molecule has 0 amide bonds. The second kappa shape index (κ2) is 8.71. The Bertz CT molecular complexity index is 294. The molecule has 1 N–H and O–H groups in total. The van der Waals surface area contributed by atoms with Gasteiger partial charge in [-0.25, -0.2) is 0 Å². The quantitative estimate of drug-likeness (QED) is 0.701. The monoisotopic (exact) mass is 297 g/mol. The molecule has 0 radical (unpaired) electrons. The summed E-state index contributed by atoms with van der Waals surface area (Å²) in [5.41, 5.74) is 1.45. The number of nitrogens with one attached hydrogen (secondary N) is 1. The Morgan fingerprint density at radius 2 is 1.82 bits per heavy atom. The van der Waals surface area contributed by atoms with E-state index in [1.165, 1.54) is 31.2 Å². The van der Waals surface area contributed by atoms with Gasteiger partial charge in [0.2, 0.25) is 0 Å². The van der Waals surface area contributed by atoms with E-state index in [1.54, 1.807) is 0 Å². The maximum atomic E-state index is 3.54. The molecule has 0 bridgehead atoms.